The second kappa shape index (κ2) is 7.82. The van der Waals surface area contributed by atoms with E-state index in [9.17, 15) is 0 Å². The van der Waals surface area contributed by atoms with E-state index >= 15 is 0 Å². The van der Waals surface area contributed by atoms with Crippen LogP contribution < -0.4 is 10.5 Å². The Balaban J connectivity index is 2.26. The number of nitrogens with zero attached hydrogens (tertiary/aromatic N) is 2. The molecule has 22 heavy (non-hydrogen) atoms. The minimum atomic E-state index is -0.225. The maximum atomic E-state index is 6.13. The second-order valence-corrected chi connectivity index (χ2v) is 5.26. The van der Waals surface area contributed by atoms with Crippen molar-refractivity contribution < 1.29 is 4.74 Å². The lowest BCUT2D eigenvalue weighted by atomic mass is 10.1. The fraction of sp³-hybridized carbons (Fsp3) is 0.235. The number of nitrogens with two attached hydrogens (primary N) is 1. The summed E-state index contributed by atoms with van der Waals surface area (Å²) in [5.74, 6) is 0.575. The molecule has 4 nitrogen and oxygen atoms in total. The molecule has 2 aromatic rings. The van der Waals surface area contributed by atoms with Gasteiger partial charge in [-0.25, -0.2) is 4.52 Å². The standard InChI is InChI=1S/C17H20ClN3O/c1-3-4-5-6-13(2)16(7-9-19)22-17-12-14(18)11-15-8-10-20-21(15)17/h3-6,8,10-12,16H,2,7,9,19H2,1H3/b4-3-,6-5-/t16-/m1/s1. The van der Waals surface area contributed by atoms with Crippen LogP contribution in [0, 0.1) is 0 Å². The summed E-state index contributed by atoms with van der Waals surface area (Å²) >= 11 is 6.13. The fourth-order valence-corrected chi connectivity index (χ4v) is 2.27. The first-order valence-corrected chi connectivity index (χ1v) is 7.51. The third-order valence-corrected chi connectivity index (χ3v) is 3.37. The van der Waals surface area contributed by atoms with Gasteiger partial charge in [0.05, 0.1) is 11.7 Å². The van der Waals surface area contributed by atoms with Crippen molar-refractivity contribution in [2.24, 2.45) is 5.73 Å². The van der Waals surface area contributed by atoms with Crippen molar-refractivity contribution in [3.05, 3.63) is 65.9 Å². The van der Waals surface area contributed by atoms with Crippen LogP contribution in [0.4, 0.5) is 0 Å². The molecule has 0 saturated carbocycles. The predicted octanol–water partition coefficient (Wildman–Crippen LogP) is 3.77. The zero-order valence-electron chi connectivity index (χ0n) is 12.6. The number of pyridine rings is 1. The Labute approximate surface area is 135 Å². The summed E-state index contributed by atoms with van der Waals surface area (Å²) in [6, 6.07) is 5.45. The quantitative estimate of drug-likeness (QED) is 0.791. The van der Waals surface area contributed by atoms with Crippen LogP contribution in [-0.2, 0) is 0 Å². The van der Waals surface area contributed by atoms with Crippen molar-refractivity contribution in [2.45, 2.75) is 19.4 Å². The van der Waals surface area contributed by atoms with Gasteiger partial charge < -0.3 is 10.5 Å². The van der Waals surface area contributed by atoms with E-state index in [1.807, 2.05) is 43.4 Å². The summed E-state index contributed by atoms with van der Waals surface area (Å²) in [4.78, 5) is 0. The van der Waals surface area contributed by atoms with Gasteiger partial charge in [0.1, 0.15) is 6.10 Å². The monoisotopic (exact) mass is 317 g/mol. The number of halogens is 1. The van der Waals surface area contributed by atoms with E-state index in [-0.39, 0.29) is 6.10 Å². The molecule has 0 fully saturated rings. The second-order valence-electron chi connectivity index (χ2n) is 4.82. The van der Waals surface area contributed by atoms with E-state index in [0.717, 1.165) is 11.1 Å². The third-order valence-electron chi connectivity index (χ3n) is 3.15. The van der Waals surface area contributed by atoms with Crippen molar-refractivity contribution in [2.75, 3.05) is 6.54 Å². The molecule has 0 aliphatic heterocycles. The number of aromatic nitrogens is 2. The van der Waals surface area contributed by atoms with Gasteiger partial charge in [0.15, 0.2) is 0 Å². The molecule has 2 aromatic heterocycles. The first-order chi connectivity index (χ1) is 10.7. The highest BCUT2D eigenvalue weighted by atomic mass is 35.5. The van der Waals surface area contributed by atoms with Crippen molar-refractivity contribution in [3.8, 4) is 5.88 Å². The molecule has 0 aromatic carbocycles. The molecule has 5 heteroatoms. The summed E-state index contributed by atoms with van der Waals surface area (Å²) in [6.07, 6.45) is 9.88. The molecular formula is C17H20ClN3O. The fourth-order valence-electron chi connectivity index (χ4n) is 2.07. The first kappa shape index (κ1) is 16.3. The van der Waals surface area contributed by atoms with E-state index in [1.165, 1.54) is 0 Å². The minimum absolute atomic E-state index is 0.225. The smallest absolute Gasteiger partial charge is 0.217 e. The van der Waals surface area contributed by atoms with E-state index in [1.54, 1.807) is 16.8 Å². The molecule has 0 bridgehead atoms. The normalized spacial score (nSPS) is 13.2. The van der Waals surface area contributed by atoms with Gasteiger partial charge in [0, 0.05) is 17.5 Å². The highest BCUT2D eigenvalue weighted by molar-refractivity contribution is 6.31. The Bertz CT molecular complexity index is 703. The summed E-state index contributed by atoms with van der Waals surface area (Å²) < 4.78 is 7.77. The van der Waals surface area contributed by atoms with Gasteiger partial charge in [-0.05, 0) is 31.2 Å². The maximum Gasteiger partial charge on any atom is 0.217 e. The van der Waals surface area contributed by atoms with Gasteiger partial charge in [0.25, 0.3) is 0 Å². The van der Waals surface area contributed by atoms with Crippen LogP contribution in [0.15, 0.2) is 60.9 Å². The minimum Gasteiger partial charge on any atom is -0.469 e. The lowest BCUT2D eigenvalue weighted by Crippen LogP contribution is -2.23. The lowest BCUT2D eigenvalue weighted by molar-refractivity contribution is 0.219. The van der Waals surface area contributed by atoms with Gasteiger partial charge in [0.2, 0.25) is 5.88 Å². The highest BCUT2D eigenvalue weighted by Crippen LogP contribution is 2.24. The summed E-state index contributed by atoms with van der Waals surface area (Å²) in [5.41, 5.74) is 7.42. The number of allylic oxidation sites excluding steroid dienone is 3. The molecule has 1 atom stereocenters. The number of hydrogen-bond acceptors (Lipinski definition) is 3. The summed E-state index contributed by atoms with van der Waals surface area (Å²) in [6.45, 7) is 6.53. The zero-order chi connectivity index (χ0) is 15.9. The topological polar surface area (TPSA) is 52.5 Å². The van der Waals surface area contributed by atoms with Gasteiger partial charge in [-0.3, -0.25) is 0 Å². The van der Waals surface area contributed by atoms with Crippen molar-refractivity contribution >= 4 is 17.1 Å². The van der Waals surface area contributed by atoms with Crippen molar-refractivity contribution in [3.63, 3.8) is 0 Å². The molecule has 0 aliphatic carbocycles. The van der Waals surface area contributed by atoms with Gasteiger partial charge in [-0.2, -0.15) is 5.10 Å². The molecule has 2 rings (SSSR count). The largest absolute Gasteiger partial charge is 0.469 e. The first-order valence-electron chi connectivity index (χ1n) is 7.14. The molecule has 0 saturated heterocycles. The van der Waals surface area contributed by atoms with E-state index < -0.39 is 0 Å². The molecule has 0 radical (unpaired) electrons. The summed E-state index contributed by atoms with van der Waals surface area (Å²) in [5, 5.41) is 4.85. The molecular weight excluding hydrogens is 298 g/mol. The van der Waals surface area contributed by atoms with E-state index in [2.05, 4.69) is 11.7 Å². The average molecular weight is 318 g/mol. The number of ether oxygens (including phenoxy) is 1. The van der Waals surface area contributed by atoms with Crippen LogP contribution in [-0.4, -0.2) is 22.3 Å². The number of hydrogen-bond donors (Lipinski definition) is 1. The Morgan fingerprint density at radius 3 is 3.05 bits per heavy atom. The van der Waals surface area contributed by atoms with Gasteiger partial charge in [-0.1, -0.05) is 42.5 Å². The van der Waals surface area contributed by atoms with Gasteiger partial charge in [-0.15, -0.1) is 0 Å². The highest BCUT2D eigenvalue weighted by Gasteiger charge is 2.15. The van der Waals surface area contributed by atoms with E-state index in [4.69, 9.17) is 22.1 Å². The van der Waals surface area contributed by atoms with Crippen LogP contribution >= 0.6 is 11.6 Å². The van der Waals surface area contributed by atoms with Crippen LogP contribution in [0.2, 0.25) is 5.02 Å². The molecule has 2 N–H and O–H groups in total. The molecule has 0 spiro atoms. The SMILES string of the molecule is C=C(/C=C\C=C/C)[C@@H](CCN)Oc1cc(Cl)cc2ccnn12. The van der Waals surface area contributed by atoms with Crippen LogP contribution in [0.5, 0.6) is 5.88 Å². The Hall–Kier alpha value is -2.04. The van der Waals surface area contributed by atoms with Crippen LogP contribution in [0.1, 0.15) is 13.3 Å². The molecule has 2 heterocycles. The maximum absolute atomic E-state index is 6.13. The van der Waals surface area contributed by atoms with Crippen molar-refractivity contribution in [1.29, 1.82) is 0 Å². The predicted molar refractivity (Wildman–Crippen MR) is 91.4 cm³/mol. The Morgan fingerprint density at radius 1 is 1.50 bits per heavy atom. The zero-order valence-corrected chi connectivity index (χ0v) is 13.3. The number of fused-ring (bicyclic) bond motifs is 1. The van der Waals surface area contributed by atoms with E-state index in [0.29, 0.717) is 23.9 Å². The molecule has 0 amide bonds. The Kier molecular flexibility index (Phi) is 5.81. The third kappa shape index (κ3) is 4.00. The van der Waals surface area contributed by atoms with Gasteiger partial charge >= 0.3 is 0 Å². The molecule has 116 valence electrons. The molecule has 0 aliphatic rings. The molecule has 0 unspecified atom stereocenters. The Morgan fingerprint density at radius 2 is 2.32 bits per heavy atom. The summed E-state index contributed by atoms with van der Waals surface area (Å²) in [7, 11) is 0. The number of rotatable bonds is 7. The van der Waals surface area contributed by atoms with Crippen molar-refractivity contribution in [1.82, 2.24) is 9.61 Å². The van der Waals surface area contributed by atoms with Crippen LogP contribution in [0.3, 0.4) is 0 Å². The van der Waals surface area contributed by atoms with Crippen LogP contribution in [0.25, 0.3) is 5.52 Å². The lowest BCUT2D eigenvalue weighted by Gasteiger charge is -2.19. The average Bonchev–Trinajstić information content (AvgIpc) is 2.95.